The van der Waals surface area contributed by atoms with Crippen LogP contribution in [-0.4, -0.2) is 13.2 Å². The standard InChI is InChI=1S/C19H34O/c1-3-4-5-6-7-16-8-10-17(11-9-16)18-12-14-19(20-2)15-13-18/h4-5,16-19H,3,6-15H2,1-2H3/b5-4+/t16-,17-,18-,19-. The minimum Gasteiger partial charge on any atom is -0.381 e. The number of ether oxygens (including phenoxy) is 1. The van der Waals surface area contributed by atoms with E-state index in [1.54, 1.807) is 0 Å². The Balaban J connectivity index is 1.63. The Bertz CT molecular complexity index is 267. The molecule has 0 aliphatic heterocycles. The van der Waals surface area contributed by atoms with Gasteiger partial charge in [0.1, 0.15) is 0 Å². The predicted octanol–water partition coefficient (Wildman–Crippen LogP) is 5.74. The molecule has 0 spiro atoms. The van der Waals surface area contributed by atoms with Crippen LogP contribution in [0.2, 0.25) is 0 Å². The summed E-state index contributed by atoms with van der Waals surface area (Å²) in [5.41, 5.74) is 0. The molecule has 0 aromatic carbocycles. The largest absolute Gasteiger partial charge is 0.381 e. The number of hydrogen-bond donors (Lipinski definition) is 0. The lowest BCUT2D eigenvalue weighted by atomic mass is 9.70. The molecule has 0 amide bonds. The molecule has 2 aliphatic carbocycles. The van der Waals surface area contributed by atoms with Crippen LogP contribution >= 0.6 is 0 Å². The monoisotopic (exact) mass is 278 g/mol. The van der Waals surface area contributed by atoms with E-state index in [1.165, 1.54) is 70.6 Å². The molecular weight excluding hydrogens is 244 g/mol. The van der Waals surface area contributed by atoms with E-state index < -0.39 is 0 Å². The van der Waals surface area contributed by atoms with Gasteiger partial charge in [-0.1, -0.05) is 31.9 Å². The molecule has 2 fully saturated rings. The lowest BCUT2D eigenvalue weighted by molar-refractivity contribution is 0.0392. The van der Waals surface area contributed by atoms with Gasteiger partial charge in [-0.05, 0) is 75.5 Å². The van der Waals surface area contributed by atoms with Crippen LogP contribution in [0.4, 0.5) is 0 Å². The molecule has 2 aliphatic rings. The summed E-state index contributed by atoms with van der Waals surface area (Å²) < 4.78 is 5.50. The molecule has 116 valence electrons. The van der Waals surface area contributed by atoms with E-state index >= 15 is 0 Å². The molecule has 2 saturated carbocycles. The van der Waals surface area contributed by atoms with Crippen LogP contribution in [0.3, 0.4) is 0 Å². The van der Waals surface area contributed by atoms with Crippen LogP contribution in [-0.2, 0) is 4.74 Å². The Hall–Kier alpha value is -0.300. The Morgan fingerprint density at radius 3 is 2.00 bits per heavy atom. The third-order valence-corrected chi connectivity index (χ3v) is 5.75. The molecule has 1 nitrogen and oxygen atoms in total. The van der Waals surface area contributed by atoms with Crippen LogP contribution in [0.15, 0.2) is 12.2 Å². The summed E-state index contributed by atoms with van der Waals surface area (Å²) in [5.74, 6) is 3.07. The van der Waals surface area contributed by atoms with Crippen LogP contribution in [0.5, 0.6) is 0 Å². The SMILES string of the molecule is CC/C=C/CC[C@H]1CC[C@H]([C@H]2CC[C@H](OC)CC2)CC1. The maximum atomic E-state index is 5.50. The molecule has 0 radical (unpaired) electrons. The summed E-state index contributed by atoms with van der Waals surface area (Å²) in [5, 5.41) is 0. The lowest BCUT2D eigenvalue weighted by Gasteiger charge is -2.37. The summed E-state index contributed by atoms with van der Waals surface area (Å²) >= 11 is 0. The second kappa shape index (κ2) is 8.87. The first-order chi connectivity index (χ1) is 9.83. The van der Waals surface area contributed by atoms with Gasteiger partial charge in [0.15, 0.2) is 0 Å². The molecule has 20 heavy (non-hydrogen) atoms. The molecule has 0 atom stereocenters. The van der Waals surface area contributed by atoms with Crippen molar-refractivity contribution in [3.8, 4) is 0 Å². The van der Waals surface area contributed by atoms with Crippen molar-refractivity contribution in [3.63, 3.8) is 0 Å². The van der Waals surface area contributed by atoms with Gasteiger partial charge in [0.05, 0.1) is 6.10 Å². The van der Waals surface area contributed by atoms with E-state index in [-0.39, 0.29) is 0 Å². The van der Waals surface area contributed by atoms with Gasteiger partial charge >= 0.3 is 0 Å². The molecule has 0 aromatic rings. The topological polar surface area (TPSA) is 9.23 Å². The predicted molar refractivity (Wildman–Crippen MR) is 86.9 cm³/mol. The van der Waals surface area contributed by atoms with Crippen molar-refractivity contribution < 1.29 is 4.74 Å². The van der Waals surface area contributed by atoms with Crippen molar-refractivity contribution in [2.45, 2.75) is 83.7 Å². The highest BCUT2D eigenvalue weighted by molar-refractivity contribution is 4.85. The molecule has 2 rings (SSSR count). The van der Waals surface area contributed by atoms with Crippen molar-refractivity contribution in [2.24, 2.45) is 17.8 Å². The molecule has 0 bridgehead atoms. The number of hydrogen-bond acceptors (Lipinski definition) is 1. The summed E-state index contributed by atoms with van der Waals surface area (Å²) in [4.78, 5) is 0. The average molecular weight is 278 g/mol. The van der Waals surface area contributed by atoms with Crippen molar-refractivity contribution in [1.82, 2.24) is 0 Å². The van der Waals surface area contributed by atoms with Crippen molar-refractivity contribution >= 4 is 0 Å². The zero-order valence-electron chi connectivity index (χ0n) is 13.7. The third-order valence-electron chi connectivity index (χ3n) is 5.75. The quantitative estimate of drug-likeness (QED) is 0.562. The van der Waals surface area contributed by atoms with Gasteiger partial charge in [-0.15, -0.1) is 0 Å². The van der Waals surface area contributed by atoms with Crippen LogP contribution in [0, 0.1) is 17.8 Å². The molecule has 0 N–H and O–H groups in total. The zero-order valence-corrected chi connectivity index (χ0v) is 13.7. The first kappa shape index (κ1) is 16.1. The second-order valence-electron chi connectivity index (χ2n) is 7.01. The lowest BCUT2D eigenvalue weighted by Crippen LogP contribution is -2.28. The van der Waals surface area contributed by atoms with E-state index in [9.17, 15) is 0 Å². The van der Waals surface area contributed by atoms with E-state index in [4.69, 9.17) is 4.74 Å². The Kier molecular flexibility index (Phi) is 7.13. The molecule has 0 aromatic heterocycles. The Morgan fingerprint density at radius 2 is 1.45 bits per heavy atom. The van der Waals surface area contributed by atoms with E-state index in [2.05, 4.69) is 19.1 Å². The van der Waals surface area contributed by atoms with Gasteiger partial charge in [-0.25, -0.2) is 0 Å². The third kappa shape index (κ3) is 4.91. The zero-order chi connectivity index (χ0) is 14.2. The molecule has 1 heteroatoms. The fraction of sp³-hybridized carbons (Fsp3) is 0.895. The van der Waals surface area contributed by atoms with Crippen molar-refractivity contribution in [1.29, 1.82) is 0 Å². The highest BCUT2D eigenvalue weighted by atomic mass is 16.5. The van der Waals surface area contributed by atoms with E-state index in [0.717, 1.165) is 17.8 Å². The van der Waals surface area contributed by atoms with Crippen molar-refractivity contribution in [2.75, 3.05) is 7.11 Å². The van der Waals surface area contributed by atoms with Gasteiger partial charge in [0.25, 0.3) is 0 Å². The van der Waals surface area contributed by atoms with Gasteiger partial charge < -0.3 is 4.74 Å². The number of rotatable bonds is 6. The Labute approximate surface area is 126 Å². The van der Waals surface area contributed by atoms with Gasteiger partial charge in [-0.3, -0.25) is 0 Å². The minimum atomic E-state index is 0.563. The molecule has 0 heterocycles. The van der Waals surface area contributed by atoms with Crippen LogP contribution < -0.4 is 0 Å². The Morgan fingerprint density at radius 1 is 0.850 bits per heavy atom. The normalized spacial score (nSPS) is 35.5. The summed E-state index contributed by atoms with van der Waals surface area (Å²) in [6, 6.07) is 0. The molecular formula is C19H34O. The van der Waals surface area contributed by atoms with E-state index in [0.29, 0.717) is 6.10 Å². The summed E-state index contributed by atoms with van der Waals surface area (Å²) in [7, 11) is 1.88. The number of methoxy groups -OCH3 is 1. The maximum Gasteiger partial charge on any atom is 0.0571 e. The number of allylic oxidation sites excluding steroid dienone is 2. The second-order valence-corrected chi connectivity index (χ2v) is 7.01. The summed E-state index contributed by atoms with van der Waals surface area (Å²) in [6.45, 7) is 2.22. The highest BCUT2D eigenvalue weighted by Gasteiger charge is 2.30. The first-order valence-corrected chi connectivity index (χ1v) is 9.01. The first-order valence-electron chi connectivity index (χ1n) is 9.01. The highest BCUT2D eigenvalue weighted by Crippen LogP contribution is 2.41. The van der Waals surface area contributed by atoms with Crippen LogP contribution in [0.1, 0.15) is 77.6 Å². The average Bonchev–Trinajstić information content (AvgIpc) is 2.52. The fourth-order valence-electron chi connectivity index (χ4n) is 4.36. The maximum absolute atomic E-state index is 5.50. The van der Waals surface area contributed by atoms with E-state index in [1.807, 2.05) is 7.11 Å². The molecule has 0 unspecified atom stereocenters. The van der Waals surface area contributed by atoms with Gasteiger partial charge in [0, 0.05) is 7.11 Å². The fourth-order valence-corrected chi connectivity index (χ4v) is 4.36. The molecule has 0 saturated heterocycles. The van der Waals surface area contributed by atoms with Gasteiger partial charge in [0.2, 0.25) is 0 Å². The smallest absolute Gasteiger partial charge is 0.0571 e. The van der Waals surface area contributed by atoms with Crippen LogP contribution in [0.25, 0.3) is 0 Å². The minimum absolute atomic E-state index is 0.563. The van der Waals surface area contributed by atoms with Gasteiger partial charge in [-0.2, -0.15) is 0 Å². The summed E-state index contributed by atoms with van der Waals surface area (Å²) in [6.07, 6.45) is 20.7. The van der Waals surface area contributed by atoms with Crippen molar-refractivity contribution in [3.05, 3.63) is 12.2 Å².